The van der Waals surface area contributed by atoms with E-state index in [0.717, 1.165) is 53.6 Å². The number of ether oxygens (including phenoxy) is 1. The first-order valence-corrected chi connectivity index (χ1v) is 11.6. The zero-order valence-electron chi connectivity index (χ0n) is 17.2. The molecule has 158 valence electrons. The third-order valence-corrected chi connectivity index (χ3v) is 7.33. The SMILES string of the molecule is COc1ccc(C)c2sc(N3CCN(CCNC(=O)c4ccccc4Br)CC3)nc12. The van der Waals surface area contributed by atoms with Gasteiger partial charge in [-0.1, -0.05) is 29.5 Å². The second kappa shape index (κ2) is 9.32. The summed E-state index contributed by atoms with van der Waals surface area (Å²) in [6.07, 6.45) is 0. The van der Waals surface area contributed by atoms with Gasteiger partial charge in [0.2, 0.25) is 0 Å². The van der Waals surface area contributed by atoms with Crippen LogP contribution in [0.2, 0.25) is 0 Å². The average molecular weight is 489 g/mol. The standard InChI is InChI=1S/C22H25BrN4O2S/c1-15-7-8-18(29-2)19-20(15)30-22(25-19)27-13-11-26(12-14-27)10-9-24-21(28)16-5-3-4-6-17(16)23/h3-8H,9-14H2,1-2H3,(H,24,28). The molecule has 0 bridgehead atoms. The Morgan fingerprint density at radius 1 is 1.20 bits per heavy atom. The number of nitrogens with one attached hydrogen (secondary N) is 1. The lowest BCUT2D eigenvalue weighted by Gasteiger charge is -2.34. The number of benzene rings is 2. The molecule has 3 aromatic rings. The van der Waals surface area contributed by atoms with Crippen LogP contribution in [-0.2, 0) is 0 Å². The molecule has 0 unspecified atom stereocenters. The summed E-state index contributed by atoms with van der Waals surface area (Å²) in [7, 11) is 1.69. The van der Waals surface area contributed by atoms with Crippen molar-refractivity contribution in [2.45, 2.75) is 6.92 Å². The van der Waals surface area contributed by atoms with E-state index in [4.69, 9.17) is 9.72 Å². The van der Waals surface area contributed by atoms with Crippen LogP contribution in [0.1, 0.15) is 15.9 Å². The van der Waals surface area contributed by atoms with Crippen molar-refractivity contribution < 1.29 is 9.53 Å². The molecule has 1 saturated heterocycles. The second-order valence-electron chi connectivity index (χ2n) is 7.32. The molecule has 30 heavy (non-hydrogen) atoms. The topological polar surface area (TPSA) is 57.7 Å². The summed E-state index contributed by atoms with van der Waals surface area (Å²) in [5.41, 5.74) is 2.85. The van der Waals surface area contributed by atoms with E-state index in [1.807, 2.05) is 30.3 Å². The van der Waals surface area contributed by atoms with Crippen LogP contribution in [0.25, 0.3) is 10.2 Å². The zero-order valence-corrected chi connectivity index (χ0v) is 19.6. The van der Waals surface area contributed by atoms with Crippen LogP contribution >= 0.6 is 27.3 Å². The lowest BCUT2D eigenvalue weighted by atomic mass is 10.2. The quantitative estimate of drug-likeness (QED) is 0.569. The summed E-state index contributed by atoms with van der Waals surface area (Å²) in [5.74, 6) is 0.789. The van der Waals surface area contributed by atoms with E-state index in [9.17, 15) is 4.79 Å². The second-order valence-corrected chi connectivity index (χ2v) is 9.16. The van der Waals surface area contributed by atoms with Gasteiger partial charge in [0.15, 0.2) is 5.13 Å². The van der Waals surface area contributed by atoms with E-state index in [-0.39, 0.29) is 5.91 Å². The summed E-state index contributed by atoms with van der Waals surface area (Å²) in [6, 6.07) is 11.6. The highest BCUT2D eigenvalue weighted by molar-refractivity contribution is 9.10. The van der Waals surface area contributed by atoms with E-state index in [2.05, 4.69) is 44.0 Å². The number of hydrogen-bond acceptors (Lipinski definition) is 6. The summed E-state index contributed by atoms with van der Waals surface area (Å²) in [4.78, 5) is 21.9. The highest BCUT2D eigenvalue weighted by Crippen LogP contribution is 2.36. The lowest BCUT2D eigenvalue weighted by molar-refractivity contribution is 0.0947. The van der Waals surface area contributed by atoms with E-state index in [1.165, 1.54) is 10.3 Å². The van der Waals surface area contributed by atoms with Crippen LogP contribution in [0, 0.1) is 6.92 Å². The summed E-state index contributed by atoms with van der Waals surface area (Å²) < 4.78 is 7.50. The number of aromatic nitrogens is 1. The van der Waals surface area contributed by atoms with Gasteiger partial charge in [-0.3, -0.25) is 9.69 Å². The van der Waals surface area contributed by atoms with Crippen molar-refractivity contribution in [2.24, 2.45) is 0 Å². The van der Waals surface area contributed by atoms with Crippen LogP contribution in [0.15, 0.2) is 40.9 Å². The Kier molecular flexibility index (Phi) is 6.55. The number of methoxy groups -OCH3 is 1. The van der Waals surface area contributed by atoms with Gasteiger partial charge in [-0.25, -0.2) is 4.98 Å². The Bertz CT molecular complexity index is 1050. The molecular weight excluding hydrogens is 464 g/mol. The fourth-order valence-corrected chi connectivity index (χ4v) is 5.20. The molecule has 0 radical (unpaired) electrons. The number of piperazine rings is 1. The number of amides is 1. The van der Waals surface area contributed by atoms with Crippen molar-refractivity contribution in [1.29, 1.82) is 0 Å². The first kappa shape index (κ1) is 21.1. The largest absolute Gasteiger partial charge is 0.494 e. The minimum atomic E-state index is -0.0418. The van der Waals surface area contributed by atoms with Crippen LogP contribution in [-0.4, -0.2) is 62.2 Å². The van der Waals surface area contributed by atoms with E-state index in [0.29, 0.717) is 12.1 Å². The molecule has 0 saturated carbocycles. The van der Waals surface area contributed by atoms with Gasteiger partial charge in [0.25, 0.3) is 5.91 Å². The number of carbonyl (C=O) groups is 1. The molecule has 1 aliphatic rings. The number of halogens is 1. The Labute approximate surface area is 189 Å². The van der Waals surface area contributed by atoms with Gasteiger partial charge in [-0.05, 0) is 46.6 Å². The Morgan fingerprint density at radius 3 is 2.70 bits per heavy atom. The molecule has 1 amide bonds. The van der Waals surface area contributed by atoms with Gasteiger partial charge >= 0.3 is 0 Å². The molecule has 0 aliphatic carbocycles. The van der Waals surface area contributed by atoms with Crippen molar-refractivity contribution in [2.75, 3.05) is 51.3 Å². The molecule has 2 heterocycles. The smallest absolute Gasteiger partial charge is 0.252 e. The van der Waals surface area contributed by atoms with Gasteiger partial charge < -0.3 is 15.0 Å². The van der Waals surface area contributed by atoms with Crippen molar-refractivity contribution >= 4 is 48.5 Å². The highest BCUT2D eigenvalue weighted by atomic mass is 79.9. The van der Waals surface area contributed by atoms with E-state index in [1.54, 1.807) is 18.4 Å². The Balaban J connectivity index is 1.30. The molecule has 0 spiro atoms. The fourth-order valence-electron chi connectivity index (χ4n) is 3.63. The normalized spacial score (nSPS) is 14.8. The van der Waals surface area contributed by atoms with Crippen molar-refractivity contribution in [3.05, 3.63) is 52.0 Å². The molecule has 1 fully saturated rings. The molecule has 0 atom stereocenters. The fraction of sp³-hybridized carbons (Fsp3) is 0.364. The van der Waals surface area contributed by atoms with Crippen LogP contribution in [0.5, 0.6) is 5.75 Å². The van der Waals surface area contributed by atoms with Gasteiger partial charge in [-0.15, -0.1) is 0 Å². The number of anilines is 1. The molecule has 8 heteroatoms. The third kappa shape index (κ3) is 4.45. The lowest BCUT2D eigenvalue weighted by Crippen LogP contribution is -2.48. The highest BCUT2D eigenvalue weighted by Gasteiger charge is 2.21. The molecule has 1 aromatic heterocycles. The summed E-state index contributed by atoms with van der Waals surface area (Å²) in [6.45, 7) is 7.37. The number of rotatable bonds is 6. The Morgan fingerprint density at radius 2 is 1.97 bits per heavy atom. The molecule has 4 rings (SSSR count). The predicted molar refractivity (Wildman–Crippen MR) is 126 cm³/mol. The first-order chi connectivity index (χ1) is 14.6. The maximum absolute atomic E-state index is 12.3. The number of carbonyl (C=O) groups excluding carboxylic acids is 1. The number of nitrogens with zero attached hydrogens (tertiary/aromatic N) is 3. The predicted octanol–water partition coefficient (Wildman–Crippen LogP) is 3.93. The minimum absolute atomic E-state index is 0.0418. The van der Waals surface area contributed by atoms with Gasteiger partial charge in [0.1, 0.15) is 11.3 Å². The summed E-state index contributed by atoms with van der Waals surface area (Å²) in [5, 5.41) is 4.07. The molecule has 6 nitrogen and oxygen atoms in total. The molecule has 2 aromatic carbocycles. The van der Waals surface area contributed by atoms with Crippen molar-refractivity contribution in [3.8, 4) is 5.75 Å². The molecular formula is C22H25BrN4O2S. The number of hydrogen-bond donors (Lipinski definition) is 1. The maximum atomic E-state index is 12.3. The average Bonchev–Trinajstić information content (AvgIpc) is 3.21. The first-order valence-electron chi connectivity index (χ1n) is 10.0. The number of thiazole rings is 1. The van der Waals surface area contributed by atoms with Crippen LogP contribution in [0.4, 0.5) is 5.13 Å². The number of fused-ring (bicyclic) bond motifs is 1. The zero-order chi connectivity index (χ0) is 21.1. The van der Waals surface area contributed by atoms with Gasteiger partial charge in [-0.2, -0.15) is 0 Å². The molecule has 1 aliphatic heterocycles. The third-order valence-electron chi connectivity index (χ3n) is 5.39. The summed E-state index contributed by atoms with van der Waals surface area (Å²) >= 11 is 5.17. The van der Waals surface area contributed by atoms with E-state index < -0.39 is 0 Å². The van der Waals surface area contributed by atoms with E-state index >= 15 is 0 Å². The van der Waals surface area contributed by atoms with Gasteiger partial charge in [0.05, 0.1) is 17.4 Å². The Hall–Kier alpha value is -2.16. The van der Waals surface area contributed by atoms with Crippen molar-refractivity contribution in [3.63, 3.8) is 0 Å². The number of aryl methyl sites for hydroxylation is 1. The van der Waals surface area contributed by atoms with Crippen LogP contribution < -0.4 is 15.0 Å². The minimum Gasteiger partial charge on any atom is -0.494 e. The van der Waals surface area contributed by atoms with Gasteiger partial charge in [0, 0.05) is 43.7 Å². The monoisotopic (exact) mass is 488 g/mol. The van der Waals surface area contributed by atoms with Crippen LogP contribution in [0.3, 0.4) is 0 Å². The molecule has 1 N–H and O–H groups in total. The van der Waals surface area contributed by atoms with Crippen molar-refractivity contribution in [1.82, 2.24) is 15.2 Å². The maximum Gasteiger partial charge on any atom is 0.252 e.